The summed E-state index contributed by atoms with van der Waals surface area (Å²) in [5.74, 6) is -0.535. The molecule has 2 aromatic carbocycles. The average Bonchev–Trinajstić information content (AvgIpc) is 2.54. The van der Waals surface area contributed by atoms with Crippen LogP contribution in [0.25, 0.3) is 6.08 Å². The van der Waals surface area contributed by atoms with Gasteiger partial charge in [0, 0.05) is 19.0 Å². The number of rotatable bonds is 6. The second kappa shape index (κ2) is 7.30. The quantitative estimate of drug-likeness (QED) is 0.797. The first-order chi connectivity index (χ1) is 10.9. The molecule has 0 aliphatic heterocycles. The van der Waals surface area contributed by atoms with Crippen LogP contribution in [0.15, 0.2) is 53.9 Å². The molecule has 2 aromatic rings. The van der Waals surface area contributed by atoms with E-state index in [0.717, 1.165) is 11.0 Å². The van der Waals surface area contributed by atoms with Gasteiger partial charge in [0.25, 0.3) is 0 Å². The van der Waals surface area contributed by atoms with E-state index in [1.165, 1.54) is 35.6 Å². The van der Waals surface area contributed by atoms with Crippen molar-refractivity contribution in [3.63, 3.8) is 0 Å². The summed E-state index contributed by atoms with van der Waals surface area (Å²) >= 11 is 0. The van der Waals surface area contributed by atoms with Gasteiger partial charge in [-0.05, 0) is 35.8 Å². The first-order valence-corrected chi connectivity index (χ1v) is 8.59. The summed E-state index contributed by atoms with van der Waals surface area (Å²) in [5.41, 5.74) is 1.56. The SMILES string of the molecule is CN(CCc1ccccc1)S(=O)(=O)/C=C/c1ccc(O)c(O)c1. The van der Waals surface area contributed by atoms with Gasteiger partial charge in [0.1, 0.15) is 0 Å². The summed E-state index contributed by atoms with van der Waals surface area (Å²) in [6, 6.07) is 13.8. The molecule has 0 fully saturated rings. The van der Waals surface area contributed by atoms with Crippen molar-refractivity contribution in [1.82, 2.24) is 4.31 Å². The molecular formula is C17H19NO4S. The first-order valence-electron chi connectivity index (χ1n) is 7.09. The summed E-state index contributed by atoms with van der Waals surface area (Å²) in [6.07, 6.45) is 2.01. The Bertz CT molecular complexity index is 785. The molecule has 0 amide bonds. The fraction of sp³-hybridized carbons (Fsp3) is 0.176. The molecular weight excluding hydrogens is 314 g/mol. The number of phenols is 2. The van der Waals surface area contributed by atoms with Crippen LogP contribution < -0.4 is 0 Å². The van der Waals surface area contributed by atoms with Crippen LogP contribution in [0.1, 0.15) is 11.1 Å². The van der Waals surface area contributed by atoms with Crippen molar-refractivity contribution in [2.45, 2.75) is 6.42 Å². The molecule has 0 saturated heterocycles. The molecule has 0 bridgehead atoms. The zero-order chi connectivity index (χ0) is 16.9. The minimum atomic E-state index is -3.54. The van der Waals surface area contributed by atoms with Crippen molar-refractivity contribution in [2.75, 3.05) is 13.6 Å². The Hall–Kier alpha value is -2.31. The lowest BCUT2D eigenvalue weighted by Gasteiger charge is -2.14. The third-order valence-corrected chi connectivity index (χ3v) is 4.96. The fourth-order valence-corrected chi connectivity index (χ4v) is 2.85. The second-order valence-electron chi connectivity index (χ2n) is 5.15. The lowest BCUT2D eigenvalue weighted by atomic mass is 10.2. The van der Waals surface area contributed by atoms with Crippen LogP contribution in [0.2, 0.25) is 0 Å². The zero-order valence-electron chi connectivity index (χ0n) is 12.8. The van der Waals surface area contributed by atoms with Crippen molar-refractivity contribution in [3.8, 4) is 11.5 Å². The van der Waals surface area contributed by atoms with E-state index in [-0.39, 0.29) is 11.5 Å². The molecule has 0 atom stereocenters. The summed E-state index contributed by atoms with van der Waals surface area (Å²) in [5, 5.41) is 19.7. The van der Waals surface area contributed by atoms with Gasteiger partial charge in [-0.1, -0.05) is 36.4 Å². The number of phenolic OH excluding ortho intramolecular Hbond substituents is 2. The van der Waals surface area contributed by atoms with Gasteiger partial charge < -0.3 is 10.2 Å². The van der Waals surface area contributed by atoms with Gasteiger partial charge in [-0.15, -0.1) is 0 Å². The highest BCUT2D eigenvalue weighted by atomic mass is 32.2. The predicted molar refractivity (Wildman–Crippen MR) is 90.5 cm³/mol. The van der Waals surface area contributed by atoms with Crippen LogP contribution in [-0.4, -0.2) is 36.5 Å². The molecule has 0 radical (unpaired) electrons. The monoisotopic (exact) mass is 333 g/mol. The van der Waals surface area contributed by atoms with Crippen LogP contribution in [0.4, 0.5) is 0 Å². The first kappa shape index (κ1) is 17.1. The normalized spacial score (nSPS) is 12.1. The Balaban J connectivity index is 2.02. The van der Waals surface area contributed by atoms with Crippen molar-refractivity contribution in [1.29, 1.82) is 0 Å². The maximum Gasteiger partial charge on any atom is 0.235 e. The molecule has 0 aromatic heterocycles. The zero-order valence-corrected chi connectivity index (χ0v) is 13.6. The highest BCUT2D eigenvalue weighted by molar-refractivity contribution is 7.92. The maximum absolute atomic E-state index is 12.2. The number of sulfonamides is 1. The summed E-state index contributed by atoms with van der Waals surface area (Å²) in [7, 11) is -2.02. The smallest absolute Gasteiger partial charge is 0.235 e. The average molecular weight is 333 g/mol. The summed E-state index contributed by atoms with van der Waals surface area (Å²) < 4.78 is 25.7. The molecule has 0 heterocycles. The Labute approximate surface area is 136 Å². The topological polar surface area (TPSA) is 77.8 Å². The number of aromatic hydroxyl groups is 2. The van der Waals surface area contributed by atoms with Gasteiger partial charge in [0.2, 0.25) is 10.0 Å². The Morgan fingerprint density at radius 3 is 2.39 bits per heavy atom. The van der Waals surface area contributed by atoms with Gasteiger partial charge in [0.05, 0.1) is 0 Å². The van der Waals surface area contributed by atoms with Crippen molar-refractivity contribution >= 4 is 16.1 Å². The van der Waals surface area contributed by atoms with Crippen molar-refractivity contribution in [2.24, 2.45) is 0 Å². The lowest BCUT2D eigenvalue weighted by Crippen LogP contribution is -2.27. The van der Waals surface area contributed by atoms with Gasteiger partial charge >= 0.3 is 0 Å². The molecule has 0 aliphatic rings. The minimum absolute atomic E-state index is 0.245. The largest absolute Gasteiger partial charge is 0.504 e. The number of benzene rings is 2. The number of nitrogens with zero attached hydrogens (tertiary/aromatic N) is 1. The Morgan fingerprint density at radius 1 is 1.04 bits per heavy atom. The van der Waals surface area contributed by atoms with E-state index < -0.39 is 10.0 Å². The van der Waals surface area contributed by atoms with Gasteiger partial charge in [-0.2, -0.15) is 0 Å². The molecule has 6 heteroatoms. The minimum Gasteiger partial charge on any atom is -0.504 e. The Kier molecular flexibility index (Phi) is 5.41. The van der Waals surface area contributed by atoms with E-state index in [0.29, 0.717) is 18.5 Å². The Morgan fingerprint density at radius 2 is 1.74 bits per heavy atom. The lowest BCUT2D eigenvalue weighted by molar-refractivity contribution is 0.403. The van der Waals surface area contributed by atoms with Crippen LogP contribution >= 0.6 is 0 Å². The van der Waals surface area contributed by atoms with Gasteiger partial charge in [0.15, 0.2) is 11.5 Å². The molecule has 23 heavy (non-hydrogen) atoms. The predicted octanol–water partition coefficient (Wildman–Crippen LogP) is 2.57. The van der Waals surface area contributed by atoms with E-state index >= 15 is 0 Å². The standard InChI is InChI=1S/C17H19NO4S/c1-18(11-9-14-5-3-2-4-6-14)23(21,22)12-10-15-7-8-16(19)17(20)13-15/h2-8,10,12-13,19-20H,9,11H2,1H3/b12-10+. The molecule has 0 unspecified atom stereocenters. The number of hydrogen-bond donors (Lipinski definition) is 2. The number of likely N-dealkylation sites (N-methyl/N-ethyl adjacent to an activating group) is 1. The van der Waals surface area contributed by atoms with Crippen LogP contribution in [0.3, 0.4) is 0 Å². The molecule has 2 N–H and O–H groups in total. The van der Waals surface area contributed by atoms with Crippen LogP contribution in [-0.2, 0) is 16.4 Å². The third-order valence-electron chi connectivity index (χ3n) is 3.42. The van der Waals surface area contributed by atoms with E-state index in [1.54, 1.807) is 0 Å². The molecule has 2 rings (SSSR count). The summed E-state index contributed by atoms with van der Waals surface area (Å²) in [4.78, 5) is 0. The van der Waals surface area contributed by atoms with E-state index in [2.05, 4.69) is 0 Å². The molecule has 0 spiro atoms. The van der Waals surface area contributed by atoms with Gasteiger partial charge in [-0.3, -0.25) is 0 Å². The highest BCUT2D eigenvalue weighted by Crippen LogP contribution is 2.25. The molecule has 0 saturated carbocycles. The van der Waals surface area contributed by atoms with Crippen LogP contribution in [0, 0.1) is 0 Å². The van der Waals surface area contributed by atoms with E-state index in [9.17, 15) is 18.6 Å². The van der Waals surface area contributed by atoms with Crippen molar-refractivity contribution < 1.29 is 18.6 Å². The van der Waals surface area contributed by atoms with Crippen LogP contribution in [0.5, 0.6) is 11.5 Å². The van der Waals surface area contributed by atoms with Gasteiger partial charge in [-0.25, -0.2) is 12.7 Å². The third kappa shape index (κ3) is 4.84. The summed E-state index contributed by atoms with van der Waals surface area (Å²) in [6.45, 7) is 0.373. The molecule has 122 valence electrons. The number of hydrogen-bond acceptors (Lipinski definition) is 4. The molecule has 0 aliphatic carbocycles. The fourth-order valence-electron chi connectivity index (χ4n) is 1.97. The maximum atomic E-state index is 12.2. The van der Waals surface area contributed by atoms with Crippen molar-refractivity contribution in [3.05, 3.63) is 65.1 Å². The molecule has 5 nitrogen and oxygen atoms in total. The second-order valence-corrected chi connectivity index (χ2v) is 7.08. The van der Waals surface area contributed by atoms with E-state index in [4.69, 9.17) is 0 Å². The highest BCUT2D eigenvalue weighted by Gasteiger charge is 2.13. The van der Waals surface area contributed by atoms with E-state index in [1.807, 2.05) is 30.3 Å².